The SMILES string of the molecule is Fc1c(F)c(F)c(-[c-]2cccc2)c(F)c1F.Fc1c(F)c(F)c(-[c-]2cccc2)c(F)c1F.[Ti+2]. The van der Waals surface area contributed by atoms with E-state index in [0.29, 0.717) is 0 Å². The molecule has 0 heterocycles. The molecule has 0 fully saturated rings. The van der Waals surface area contributed by atoms with Crippen LogP contribution in [0.25, 0.3) is 22.3 Å². The summed E-state index contributed by atoms with van der Waals surface area (Å²) in [6.45, 7) is 0. The van der Waals surface area contributed by atoms with Crippen molar-refractivity contribution in [2.24, 2.45) is 0 Å². The van der Waals surface area contributed by atoms with Gasteiger partial charge in [0.05, 0.1) is 0 Å². The summed E-state index contributed by atoms with van der Waals surface area (Å²) < 4.78 is 130. The van der Waals surface area contributed by atoms with Crippen LogP contribution >= 0.6 is 0 Å². The Bertz CT molecular complexity index is 1100. The van der Waals surface area contributed by atoms with Gasteiger partial charge in [0.1, 0.15) is 23.3 Å². The van der Waals surface area contributed by atoms with E-state index < -0.39 is 69.3 Å². The quantitative estimate of drug-likeness (QED) is 0.0860. The Morgan fingerprint density at radius 3 is 0.727 bits per heavy atom. The summed E-state index contributed by atoms with van der Waals surface area (Å²) in [4.78, 5) is 0. The Morgan fingerprint density at radius 2 is 0.515 bits per heavy atom. The molecule has 0 unspecified atom stereocenters. The van der Waals surface area contributed by atoms with Crippen LogP contribution in [0.5, 0.6) is 0 Å². The van der Waals surface area contributed by atoms with Gasteiger partial charge in [-0.05, 0) is 11.1 Å². The van der Waals surface area contributed by atoms with E-state index in [1.165, 1.54) is 48.5 Å². The van der Waals surface area contributed by atoms with Gasteiger partial charge in [-0.2, -0.15) is 24.3 Å². The van der Waals surface area contributed by atoms with Gasteiger partial charge in [0.15, 0.2) is 34.9 Å². The Balaban J connectivity index is 0.000000227. The normalized spacial score (nSPS) is 10.5. The first kappa shape index (κ1) is 26.4. The van der Waals surface area contributed by atoms with Crippen molar-refractivity contribution in [2.75, 3.05) is 0 Å². The van der Waals surface area contributed by atoms with Crippen molar-refractivity contribution in [3.63, 3.8) is 0 Å². The smallest absolute Gasteiger partial charge is 0.250 e. The molecule has 0 aliphatic heterocycles. The number of hydrogen-bond donors (Lipinski definition) is 0. The van der Waals surface area contributed by atoms with Crippen molar-refractivity contribution in [2.45, 2.75) is 0 Å². The second kappa shape index (κ2) is 10.4. The minimum absolute atomic E-state index is 0. The minimum atomic E-state index is -2.15. The number of halogens is 10. The minimum Gasteiger partial charge on any atom is -0.250 e. The van der Waals surface area contributed by atoms with E-state index in [2.05, 4.69) is 0 Å². The van der Waals surface area contributed by atoms with Crippen LogP contribution < -0.4 is 0 Å². The zero-order valence-electron chi connectivity index (χ0n) is 15.9. The van der Waals surface area contributed by atoms with Crippen LogP contribution in [-0.4, -0.2) is 0 Å². The van der Waals surface area contributed by atoms with Crippen molar-refractivity contribution >= 4 is 0 Å². The fraction of sp³-hybridized carbons (Fsp3) is 0. The Labute approximate surface area is 194 Å². The van der Waals surface area contributed by atoms with Gasteiger partial charge >= 0.3 is 21.7 Å². The van der Waals surface area contributed by atoms with Gasteiger partial charge in [-0.25, -0.2) is 43.9 Å². The molecule has 0 aliphatic carbocycles. The molecule has 0 amide bonds. The zero-order chi connectivity index (χ0) is 23.7. The maximum Gasteiger partial charge on any atom is 2.00 e. The van der Waals surface area contributed by atoms with Gasteiger partial charge in [0.2, 0.25) is 0 Å². The molecule has 170 valence electrons. The van der Waals surface area contributed by atoms with E-state index in [1.807, 2.05) is 0 Å². The predicted octanol–water partition coefficient (Wildman–Crippen LogP) is 7.53. The molecule has 0 spiro atoms. The molecule has 0 N–H and O–H groups in total. The number of benzene rings is 2. The molecule has 0 nitrogen and oxygen atoms in total. The first-order valence-corrected chi connectivity index (χ1v) is 8.54. The molecule has 4 aromatic carbocycles. The maximum absolute atomic E-state index is 13.2. The summed E-state index contributed by atoms with van der Waals surface area (Å²) in [6.07, 6.45) is 0. The van der Waals surface area contributed by atoms with Crippen LogP contribution in [0.15, 0.2) is 48.5 Å². The zero-order valence-corrected chi connectivity index (χ0v) is 17.5. The summed E-state index contributed by atoms with van der Waals surface area (Å²) in [7, 11) is 0. The molecular formula is C22H8F10Ti. The average molecular weight is 510 g/mol. The monoisotopic (exact) mass is 510 g/mol. The van der Waals surface area contributed by atoms with Crippen molar-refractivity contribution in [3.05, 3.63) is 107 Å². The van der Waals surface area contributed by atoms with Gasteiger partial charge in [-0.15, -0.1) is 24.3 Å². The molecule has 4 rings (SSSR count). The van der Waals surface area contributed by atoms with Crippen molar-refractivity contribution in [1.82, 2.24) is 0 Å². The summed E-state index contributed by atoms with van der Waals surface area (Å²) in [6, 6.07) is 10.8. The van der Waals surface area contributed by atoms with Crippen molar-refractivity contribution in [3.8, 4) is 22.3 Å². The molecule has 4 aromatic rings. The van der Waals surface area contributed by atoms with Crippen LogP contribution in [-0.2, 0) is 21.7 Å². The molecule has 0 atom stereocenters. The van der Waals surface area contributed by atoms with E-state index in [4.69, 9.17) is 0 Å². The third kappa shape index (κ3) is 4.77. The molecule has 11 heteroatoms. The second-order valence-corrected chi connectivity index (χ2v) is 6.24. The van der Waals surface area contributed by atoms with Crippen molar-refractivity contribution in [1.29, 1.82) is 0 Å². The first-order valence-electron chi connectivity index (χ1n) is 8.54. The van der Waals surface area contributed by atoms with Gasteiger partial charge in [0, 0.05) is 0 Å². The summed E-state index contributed by atoms with van der Waals surface area (Å²) in [5.74, 6) is -19.3. The fourth-order valence-electron chi connectivity index (χ4n) is 2.80. The largest absolute Gasteiger partial charge is 2.00 e. The van der Waals surface area contributed by atoms with Gasteiger partial charge in [0.25, 0.3) is 0 Å². The van der Waals surface area contributed by atoms with Gasteiger partial charge in [-0.3, -0.25) is 0 Å². The molecule has 0 aliphatic rings. The molecule has 0 bridgehead atoms. The van der Waals surface area contributed by atoms with Crippen LogP contribution in [0.3, 0.4) is 0 Å². The van der Waals surface area contributed by atoms with E-state index in [0.717, 1.165) is 0 Å². The summed E-state index contributed by atoms with van der Waals surface area (Å²) in [5.41, 5.74) is -1.90. The molecule has 0 aromatic heterocycles. The van der Waals surface area contributed by atoms with Crippen LogP contribution in [0, 0.1) is 58.2 Å². The predicted molar refractivity (Wildman–Crippen MR) is 94.5 cm³/mol. The van der Waals surface area contributed by atoms with Gasteiger partial charge in [-0.1, -0.05) is 11.1 Å². The molecule has 0 radical (unpaired) electrons. The third-order valence-electron chi connectivity index (χ3n) is 4.32. The standard InChI is InChI=1S/2C11H4F5.Ti/c2*12-7-6(5-3-1-2-4-5)8(13)10(15)11(16)9(7)14;/h2*1-4H;/q2*-1;+2. The number of rotatable bonds is 2. The van der Waals surface area contributed by atoms with E-state index in [1.54, 1.807) is 0 Å². The third-order valence-corrected chi connectivity index (χ3v) is 4.32. The van der Waals surface area contributed by atoms with Crippen LogP contribution in [0.4, 0.5) is 43.9 Å². The van der Waals surface area contributed by atoms with Crippen molar-refractivity contribution < 1.29 is 65.6 Å². The molecule has 0 saturated heterocycles. The van der Waals surface area contributed by atoms with Crippen LogP contribution in [0.2, 0.25) is 0 Å². The second-order valence-electron chi connectivity index (χ2n) is 6.24. The van der Waals surface area contributed by atoms with Gasteiger partial charge < -0.3 is 0 Å². The van der Waals surface area contributed by atoms with Crippen LogP contribution in [0.1, 0.15) is 0 Å². The Morgan fingerprint density at radius 1 is 0.333 bits per heavy atom. The average Bonchev–Trinajstić information content (AvgIpc) is 3.49. The number of hydrogen-bond acceptors (Lipinski definition) is 0. The molecular weight excluding hydrogens is 502 g/mol. The van der Waals surface area contributed by atoms with E-state index >= 15 is 0 Å². The fourth-order valence-corrected chi connectivity index (χ4v) is 2.80. The first-order chi connectivity index (χ1) is 15.1. The summed E-state index contributed by atoms with van der Waals surface area (Å²) >= 11 is 0. The Kier molecular flexibility index (Phi) is 8.32. The van der Waals surface area contributed by atoms with E-state index in [-0.39, 0.29) is 32.8 Å². The topological polar surface area (TPSA) is 0 Å². The van der Waals surface area contributed by atoms with E-state index in [9.17, 15) is 43.9 Å². The summed E-state index contributed by atoms with van der Waals surface area (Å²) in [5, 5.41) is 0. The Hall–Kier alpha value is -2.85. The molecule has 0 saturated carbocycles. The molecule has 33 heavy (non-hydrogen) atoms. The maximum atomic E-state index is 13.2.